The number of carbonyl (C=O) groups is 3. The average Bonchev–Trinajstić information content (AvgIpc) is 3.01. The van der Waals surface area contributed by atoms with E-state index in [1.807, 2.05) is 0 Å². The van der Waals surface area contributed by atoms with Crippen LogP contribution in [-0.2, 0) is 9.59 Å². The molecule has 6 nitrogen and oxygen atoms in total. The number of nitrogens with one attached hydrogen (secondary N) is 1. The van der Waals surface area contributed by atoms with E-state index in [4.69, 9.17) is 27.9 Å². The molecule has 0 fully saturated rings. The fraction of sp³-hybridized carbons (Fsp3) is 0. The standard InChI is InChI=1S/C23H12Cl2F2N2O4/c24-17-11-15(7-10-18(17)27)29-21(30)19(25)20(22(29)31)28-14-5-1-12(2-6-14)23(32)33-16-8-3-13(26)4-9-16/h1-11,28H. The number of esters is 1. The molecule has 1 heterocycles. The molecule has 0 saturated heterocycles. The second-order valence-electron chi connectivity index (χ2n) is 6.78. The third kappa shape index (κ3) is 4.57. The third-order valence-corrected chi connectivity index (χ3v) is 5.24. The molecular weight excluding hydrogens is 477 g/mol. The molecule has 0 aliphatic carbocycles. The molecule has 10 heteroatoms. The molecule has 0 radical (unpaired) electrons. The Morgan fingerprint density at radius 3 is 2.18 bits per heavy atom. The summed E-state index contributed by atoms with van der Waals surface area (Å²) in [6, 6.07) is 14.2. The van der Waals surface area contributed by atoms with E-state index in [2.05, 4.69) is 5.32 Å². The molecule has 0 aromatic heterocycles. The van der Waals surface area contributed by atoms with Crippen LogP contribution in [0.4, 0.5) is 20.2 Å². The minimum Gasteiger partial charge on any atom is -0.423 e. The van der Waals surface area contributed by atoms with Crippen LogP contribution in [0.2, 0.25) is 5.02 Å². The minimum atomic E-state index is -0.800. The average molecular weight is 489 g/mol. The number of carbonyl (C=O) groups excluding carboxylic acids is 3. The van der Waals surface area contributed by atoms with Crippen molar-refractivity contribution < 1.29 is 27.9 Å². The van der Waals surface area contributed by atoms with Gasteiger partial charge in [-0.15, -0.1) is 0 Å². The van der Waals surface area contributed by atoms with E-state index in [9.17, 15) is 23.2 Å². The second-order valence-corrected chi connectivity index (χ2v) is 7.56. The van der Waals surface area contributed by atoms with Gasteiger partial charge in [-0.05, 0) is 66.7 Å². The summed E-state index contributed by atoms with van der Waals surface area (Å²) in [6.45, 7) is 0. The van der Waals surface area contributed by atoms with Crippen molar-refractivity contribution in [1.82, 2.24) is 0 Å². The van der Waals surface area contributed by atoms with Crippen molar-refractivity contribution in [3.05, 3.63) is 99.7 Å². The van der Waals surface area contributed by atoms with E-state index in [0.717, 1.165) is 29.2 Å². The van der Waals surface area contributed by atoms with E-state index < -0.39 is 29.4 Å². The van der Waals surface area contributed by atoms with Gasteiger partial charge in [0.2, 0.25) is 0 Å². The minimum absolute atomic E-state index is 0.0604. The van der Waals surface area contributed by atoms with Crippen LogP contribution in [0.3, 0.4) is 0 Å². The van der Waals surface area contributed by atoms with Crippen LogP contribution in [0, 0.1) is 11.6 Å². The van der Waals surface area contributed by atoms with Gasteiger partial charge >= 0.3 is 5.97 Å². The smallest absolute Gasteiger partial charge is 0.343 e. The SMILES string of the molecule is O=C(Oc1ccc(F)cc1)c1ccc(NC2=C(Cl)C(=O)N(c3ccc(F)c(Cl)c3)C2=O)cc1. The van der Waals surface area contributed by atoms with Crippen LogP contribution in [0.5, 0.6) is 5.75 Å². The van der Waals surface area contributed by atoms with Crippen molar-refractivity contribution in [2.75, 3.05) is 10.2 Å². The topological polar surface area (TPSA) is 75.7 Å². The molecule has 3 aromatic rings. The highest BCUT2D eigenvalue weighted by atomic mass is 35.5. The van der Waals surface area contributed by atoms with E-state index in [-0.39, 0.29) is 32.8 Å². The van der Waals surface area contributed by atoms with Crippen molar-refractivity contribution >= 4 is 52.4 Å². The molecule has 0 saturated carbocycles. The largest absolute Gasteiger partial charge is 0.423 e. The summed E-state index contributed by atoms with van der Waals surface area (Å²) in [6.07, 6.45) is 0. The van der Waals surface area contributed by atoms with Gasteiger partial charge in [0.25, 0.3) is 11.8 Å². The van der Waals surface area contributed by atoms with Gasteiger partial charge in [0.05, 0.1) is 16.3 Å². The summed E-state index contributed by atoms with van der Waals surface area (Å²) in [4.78, 5) is 38.3. The van der Waals surface area contributed by atoms with Gasteiger partial charge in [0, 0.05) is 5.69 Å². The van der Waals surface area contributed by atoms with Crippen LogP contribution in [0.15, 0.2) is 77.5 Å². The predicted molar refractivity (Wildman–Crippen MR) is 118 cm³/mol. The van der Waals surface area contributed by atoms with Crippen molar-refractivity contribution in [2.24, 2.45) is 0 Å². The first-order valence-electron chi connectivity index (χ1n) is 9.33. The van der Waals surface area contributed by atoms with Crippen LogP contribution >= 0.6 is 23.2 Å². The summed E-state index contributed by atoms with van der Waals surface area (Å²) in [7, 11) is 0. The van der Waals surface area contributed by atoms with Gasteiger partial charge in [-0.1, -0.05) is 23.2 Å². The Morgan fingerprint density at radius 1 is 0.879 bits per heavy atom. The highest BCUT2D eigenvalue weighted by Gasteiger charge is 2.39. The number of nitrogens with zero attached hydrogens (tertiary/aromatic N) is 1. The highest BCUT2D eigenvalue weighted by molar-refractivity contribution is 6.53. The number of benzene rings is 3. The summed E-state index contributed by atoms with van der Waals surface area (Å²) in [5.41, 5.74) is 0.428. The Balaban J connectivity index is 1.48. The van der Waals surface area contributed by atoms with Crippen molar-refractivity contribution in [3.8, 4) is 5.75 Å². The maximum Gasteiger partial charge on any atom is 0.343 e. The van der Waals surface area contributed by atoms with Gasteiger partial charge in [-0.25, -0.2) is 18.5 Å². The zero-order valence-corrected chi connectivity index (χ0v) is 18.0. The number of hydrogen-bond acceptors (Lipinski definition) is 5. The van der Waals surface area contributed by atoms with E-state index in [1.165, 1.54) is 42.5 Å². The number of amides is 2. The van der Waals surface area contributed by atoms with E-state index in [1.54, 1.807) is 0 Å². The van der Waals surface area contributed by atoms with Gasteiger partial charge in [-0.2, -0.15) is 0 Å². The van der Waals surface area contributed by atoms with Gasteiger partial charge in [-0.3, -0.25) is 9.59 Å². The van der Waals surface area contributed by atoms with Crippen LogP contribution < -0.4 is 15.0 Å². The van der Waals surface area contributed by atoms with Gasteiger partial charge in [0.15, 0.2) is 0 Å². The Kier molecular flexibility index (Phi) is 6.13. The Morgan fingerprint density at radius 2 is 1.55 bits per heavy atom. The molecule has 0 spiro atoms. The molecule has 1 aliphatic rings. The fourth-order valence-corrected chi connectivity index (χ4v) is 3.36. The molecule has 0 bridgehead atoms. The van der Waals surface area contributed by atoms with Crippen molar-refractivity contribution in [1.29, 1.82) is 0 Å². The molecular formula is C23H12Cl2F2N2O4. The molecule has 1 N–H and O–H groups in total. The van der Waals surface area contributed by atoms with Crippen LogP contribution in [-0.4, -0.2) is 17.8 Å². The monoisotopic (exact) mass is 488 g/mol. The zero-order valence-electron chi connectivity index (χ0n) is 16.4. The number of imide groups is 1. The van der Waals surface area contributed by atoms with Gasteiger partial charge < -0.3 is 10.1 Å². The Bertz CT molecular complexity index is 1310. The third-order valence-electron chi connectivity index (χ3n) is 4.60. The second kappa shape index (κ2) is 9.01. The molecule has 33 heavy (non-hydrogen) atoms. The molecule has 4 rings (SSSR count). The number of hydrogen-bond donors (Lipinski definition) is 1. The lowest BCUT2D eigenvalue weighted by Gasteiger charge is -2.15. The number of ether oxygens (including phenoxy) is 1. The molecule has 0 atom stereocenters. The van der Waals surface area contributed by atoms with Crippen molar-refractivity contribution in [3.63, 3.8) is 0 Å². The zero-order chi connectivity index (χ0) is 23.7. The molecule has 3 aromatic carbocycles. The maximum atomic E-state index is 13.4. The van der Waals surface area contributed by atoms with Crippen molar-refractivity contribution in [2.45, 2.75) is 0 Å². The lowest BCUT2D eigenvalue weighted by molar-refractivity contribution is -0.120. The highest BCUT2D eigenvalue weighted by Crippen LogP contribution is 2.32. The summed E-state index contributed by atoms with van der Waals surface area (Å²) in [5.74, 6) is -3.21. The number of halogens is 4. The fourth-order valence-electron chi connectivity index (χ4n) is 2.97. The predicted octanol–water partition coefficient (Wildman–Crippen LogP) is 5.27. The molecule has 1 aliphatic heterocycles. The first-order valence-corrected chi connectivity index (χ1v) is 10.1. The molecule has 166 valence electrons. The molecule has 2 amide bonds. The lowest BCUT2D eigenvalue weighted by Crippen LogP contribution is -2.32. The summed E-state index contributed by atoms with van der Waals surface area (Å²) >= 11 is 11.8. The summed E-state index contributed by atoms with van der Waals surface area (Å²) in [5, 5.41) is 2.14. The quantitative estimate of drug-likeness (QED) is 0.300. The maximum absolute atomic E-state index is 13.4. The number of anilines is 2. The van der Waals surface area contributed by atoms with Crippen LogP contribution in [0.25, 0.3) is 0 Å². The number of rotatable bonds is 5. The van der Waals surface area contributed by atoms with Gasteiger partial charge in [0.1, 0.15) is 28.1 Å². The Hall–Kier alpha value is -3.75. The van der Waals surface area contributed by atoms with Crippen LogP contribution in [0.1, 0.15) is 10.4 Å². The first-order chi connectivity index (χ1) is 15.7. The van der Waals surface area contributed by atoms with E-state index >= 15 is 0 Å². The van der Waals surface area contributed by atoms with E-state index in [0.29, 0.717) is 5.69 Å². The first kappa shape index (κ1) is 22.4. The summed E-state index contributed by atoms with van der Waals surface area (Å²) < 4.78 is 31.6. The Labute approximate surface area is 196 Å². The normalized spacial score (nSPS) is 13.5. The molecule has 0 unspecified atom stereocenters. The lowest BCUT2D eigenvalue weighted by atomic mass is 10.2.